The molecule has 18 heavy (non-hydrogen) atoms. The number of aliphatic hydroxyl groups is 1. The Morgan fingerprint density at radius 1 is 1.50 bits per heavy atom. The van der Waals surface area contributed by atoms with Crippen LogP contribution in [0, 0.1) is 11.8 Å². The lowest BCUT2D eigenvalue weighted by molar-refractivity contribution is 0.305. The normalized spacial score (nSPS) is 11.0. The molecule has 0 fully saturated rings. The minimum absolute atomic E-state index is 0.0564. The molecule has 0 radical (unpaired) electrons. The predicted molar refractivity (Wildman–Crippen MR) is 73.8 cm³/mol. The van der Waals surface area contributed by atoms with Gasteiger partial charge in [0.15, 0.2) is 0 Å². The molecule has 0 saturated heterocycles. The SMILES string of the molecule is CCCS(=O)(=O)NCc1cc(C#CCCO)cs1. The van der Waals surface area contributed by atoms with Gasteiger partial charge in [0, 0.05) is 28.8 Å². The Morgan fingerprint density at radius 2 is 2.28 bits per heavy atom. The van der Waals surface area contributed by atoms with E-state index in [1.54, 1.807) is 0 Å². The standard InChI is InChI=1S/C12H17NO3S2/c1-2-7-18(15,16)13-9-12-8-11(10-17-12)5-3-4-6-14/h8,10,13-14H,2,4,6-7,9H2,1H3. The van der Waals surface area contributed by atoms with E-state index in [1.165, 1.54) is 11.3 Å². The zero-order valence-electron chi connectivity index (χ0n) is 10.3. The van der Waals surface area contributed by atoms with Crippen molar-refractivity contribution in [1.82, 2.24) is 4.72 Å². The third-order valence-corrected chi connectivity index (χ3v) is 4.53. The molecule has 1 heterocycles. The fourth-order valence-corrected chi connectivity index (χ4v) is 3.19. The second-order valence-electron chi connectivity index (χ2n) is 3.72. The summed E-state index contributed by atoms with van der Waals surface area (Å²) in [4.78, 5) is 0.933. The van der Waals surface area contributed by atoms with E-state index >= 15 is 0 Å². The van der Waals surface area contributed by atoms with E-state index in [0.29, 0.717) is 19.4 Å². The van der Waals surface area contributed by atoms with Crippen LogP contribution < -0.4 is 4.72 Å². The van der Waals surface area contributed by atoms with E-state index in [9.17, 15) is 8.42 Å². The zero-order chi connectivity index (χ0) is 13.4. The van der Waals surface area contributed by atoms with Crippen LogP contribution in [0.3, 0.4) is 0 Å². The predicted octanol–water partition coefficient (Wildman–Crippen LogP) is 1.31. The number of nitrogens with one attached hydrogen (secondary N) is 1. The number of rotatable bonds is 6. The van der Waals surface area contributed by atoms with Crippen molar-refractivity contribution in [3.8, 4) is 11.8 Å². The molecule has 0 saturated carbocycles. The highest BCUT2D eigenvalue weighted by molar-refractivity contribution is 7.89. The fraction of sp³-hybridized carbons (Fsp3) is 0.500. The third kappa shape index (κ3) is 5.65. The van der Waals surface area contributed by atoms with E-state index in [4.69, 9.17) is 5.11 Å². The van der Waals surface area contributed by atoms with Crippen molar-refractivity contribution in [2.24, 2.45) is 0 Å². The van der Waals surface area contributed by atoms with Gasteiger partial charge in [-0.2, -0.15) is 0 Å². The molecule has 1 rings (SSSR count). The Labute approximate surface area is 112 Å². The molecule has 0 aliphatic carbocycles. The molecule has 1 aromatic heterocycles. The maximum atomic E-state index is 11.5. The Morgan fingerprint density at radius 3 is 2.94 bits per heavy atom. The average molecular weight is 287 g/mol. The van der Waals surface area contributed by atoms with Gasteiger partial charge < -0.3 is 5.11 Å². The van der Waals surface area contributed by atoms with Crippen LogP contribution in [0.2, 0.25) is 0 Å². The van der Waals surface area contributed by atoms with E-state index in [1.807, 2.05) is 18.4 Å². The van der Waals surface area contributed by atoms with E-state index in [0.717, 1.165) is 10.4 Å². The summed E-state index contributed by atoms with van der Waals surface area (Å²) in [6, 6.07) is 1.86. The second-order valence-corrected chi connectivity index (χ2v) is 6.64. The highest BCUT2D eigenvalue weighted by Crippen LogP contribution is 2.13. The topological polar surface area (TPSA) is 66.4 Å². The Balaban J connectivity index is 2.53. The lowest BCUT2D eigenvalue weighted by atomic mass is 10.3. The first-order chi connectivity index (χ1) is 8.57. The number of aliphatic hydroxyl groups excluding tert-OH is 1. The first-order valence-corrected chi connectivity index (χ1v) is 8.25. The van der Waals surface area contributed by atoms with Gasteiger partial charge >= 0.3 is 0 Å². The zero-order valence-corrected chi connectivity index (χ0v) is 11.9. The lowest BCUT2D eigenvalue weighted by Gasteiger charge is -2.02. The molecule has 0 aliphatic rings. The van der Waals surface area contributed by atoms with Crippen LogP contribution in [-0.4, -0.2) is 25.9 Å². The van der Waals surface area contributed by atoms with E-state index in [-0.39, 0.29) is 12.4 Å². The molecule has 0 bridgehead atoms. The van der Waals surface area contributed by atoms with Crippen molar-refractivity contribution in [3.63, 3.8) is 0 Å². The van der Waals surface area contributed by atoms with Crippen molar-refractivity contribution < 1.29 is 13.5 Å². The average Bonchev–Trinajstić information content (AvgIpc) is 2.75. The van der Waals surface area contributed by atoms with Crippen LogP contribution in [-0.2, 0) is 16.6 Å². The smallest absolute Gasteiger partial charge is 0.211 e. The molecule has 0 unspecified atom stereocenters. The molecule has 2 N–H and O–H groups in total. The van der Waals surface area contributed by atoms with Crippen molar-refractivity contribution in [2.75, 3.05) is 12.4 Å². The van der Waals surface area contributed by atoms with Crippen LogP contribution in [0.25, 0.3) is 0 Å². The van der Waals surface area contributed by atoms with Crippen molar-refractivity contribution in [1.29, 1.82) is 0 Å². The highest BCUT2D eigenvalue weighted by atomic mass is 32.2. The molecule has 100 valence electrons. The Bertz CT molecular complexity index is 523. The summed E-state index contributed by atoms with van der Waals surface area (Å²) in [6.45, 7) is 2.20. The van der Waals surface area contributed by atoms with Crippen molar-refractivity contribution >= 4 is 21.4 Å². The minimum Gasteiger partial charge on any atom is -0.395 e. The van der Waals surface area contributed by atoms with Gasteiger partial charge in [0.2, 0.25) is 10.0 Å². The molecule has 6 heteroatoms. The summed E-state index contributed by atoms with van der Waals surface area (Å²) >= 11 is 1.47. The summed E-state index contributed by atoms with van der Waals surface area (Å²) in [5, 5.41) is 10.5. The quantitative estimate of drug-likeness (QED) is 0.775. The maximum absolute atomic E-state index is 11.5. The summed E-state index contributed by atoms with van der Waals surface area (Å²) in [6.07, 6.45) is 1.06. The molecule has 0 amide bonds. The van der Waals surface area contributed by atoms with E-state index < -0.39 is 10.0 Å². The summed E-state index contributed by atoms with van der Waals surface area (Å²) in [5.74, 6) is 5.89. The molecular formula is C12H17NO3S2. The fourth-order valence-electron chi connectivity index (χ4n) is 1.28. The number of hydrogen-bond acceptors (Lipinski definition) is 4. The highest BCUT2D eigenvalue weighted by Gasteiger charge is 2.08. The largest absolute Gasteiger partial charge is 0.395 e. The van der Waals surface area contributed by atoms with Crippen molar-refractivity contribution in [2.45, 2.75) is 26.3 Å². The first-order valence-electron chi connectivity index (χ1n) is 5.72. The van der Waals surface area contributed by atoms with Crippen LogP contribution in [0.15, 0.2) is 11.4 Å². The molecule has 0 atom stereocenters. The Kier molecular flexibility index (Phi) is 6.36. The maximum Gasteiger partial charge on any atom is 0.211 e. The van der Waals surface area contributed by atoms with Crippen molar-refractivity contribution in [3.05, 3.63) is 21.9 Å². The first kappa shape index (κ1) is 15.2. The summed E-state index contributed by atoms with van der Waals surface area (Å²) in [5.41, 5.74) is 0.859. The van der Waals surface area contributed by atoms with Crippen LogP contribution in [0.5, 0.6) is 0 Å². The number of sulfonamides is 1. The third-order valence-electron chi connectivity index (χ3n) is 2.06. The van der Waals surface area contributed by atoms with Crippen LogP contribution in [0.4, 0.5) is 0 Å². The monoisotopic (exact) mass is 287 g/mol. The van der Waals surface area contributed by atoms with Crippen LogP contribution in [0.1, 0.15) is 30.2 Å². The van der Waals surface area contributed by atoms with E-state index in [2.05, 4.69) is 16.6 Å². The van der Waals surface area contributed by atoms with Crippen LogP contribution >= 0.6 is 11.3 Å². The number of thiophene rings is 1. The van der Waals surface area contributed by atoms with Gasteiger partial charge in [-0.1, -0.05) is 18.8 Å². The minimum atomic E-state index is -3.15. The summed E-state index contributed by atoms with van der Waals surface area (Å²) < 4.78 is 25.5. The van der Waals surface area contributed by atoms with Gasteiger partial charge in [-0.15, -0.1) is 11.3 Å². The van der Waals surface area contributed by atoms with Gasteiger partial charge in [-0.05, 0) is 12.5 Å². The van der Waals surface area contributed by atoms with Gasteiger partial charge in [0.1, 0.15) is 0 Å². The number of hydrogen-bond donors (Lipinski definition) is 2. The van der Waals surface area contributed by atoms with Gasteiger partial charge in [-0.3, -0.25) is 0 Å². The molecule has 0 aromatic carbocycles. The second kappa shape index (κ2) is 7.54. The Hall–Kier alpha value is -0.870. The molecular weight excluding hydrogens is 270 g/mol. The molecule has 0 aliphatic heterocycles. The molecule has 4 nitrogen and oxygen atoms in total. The van der Waals surface area contributed by atoms with Gasteiger partial charge in [-0.25, -0.2) is 13.1 Å². The summed E-state index contributed by atoms with van der Waals surface area (Å²) in [7, 11) is -3.15. The molecule has 1 aromatic rings. The van der Waals surface area contributed by atoms with Gasteiger partial charge in [0.05, 0.1) is 12.4 Å². The lowest BCUT2D eigenvalue weighted by Crippen LogP contribution is -2.25. The molecule has 0 spiro atoms. The van der Waals surface area contributed by atoms with Gasteiger partial charge in [0.25, 0.3) is 0 Å².